The van der Waals surface area contributed by atoms with Crippen molar-refractivity contribution in [3.05, 3.63) is 23.8 Å². The largest absolute Gasteiger partial charge is 0.506 e. The molecule has 0 aromatic heterocycles. The van der Waals surface area contributed by atoms with E-state index in [2.05, 4.69) is 19.2 Å². The maximum Gasteiger partial charge on any atom is 0.309 e. The minimum Gasteiger partial charge on any atom is -0.506 e. The fourth-order valence-corrected chi connectivity index (χ4v) is 3.56. The number of carbonyl (C=O) groups excluding carboxylic acids is 2. The second-order valence-electron chi connectivity index (χ2n) is 8.28. The summed E-state index contributed by atoms with van der Waals surface area (Å²) in [5.74, 6) is -0.845. The molecular weight excluding hydrogens is 378 g/mol. The van der Waals surface area contributed by atoms with E-state index in [4.69, 9.17) is 4.74 Å². The zero-order valence-corrected chi connectivity index (χ0v) is 19.2. The van der Waals surface area contributed by atoms with Gasteiger partial charge in [-0.15, -0.1) is 0 Å². The van der Waals surface area contributed by atoms with Crippen LogP contribution < -0.4 is 5.32 Å². The molecule has 0 bridgehead atoms. The van der Waals surface area contributed by atoms with Gasteiger partial charge >= 0.3 is 5.97 Å². The van der Waals surface area contributed by atoms with Gasteiger partial charge in [-0.1, -0.05) is 84.1 Å². The topological polar surface area (TPSA) is 75.6 Å². The first-order valence-electron chi connectivity index (χ1n) is 11.7. The standard InChI is InChI=1S/C25H41NO4/c1-4-6-8-10-11-13-15-21(14-12-9-7-5-2)25(29)30-19-24(28)26-22-18-20(3)16-17-23(22)27/h16-18,21,27H,4-15,19H2,1-3H3,(H,26,28). The van der Waals surface area contributed by atoms with Crippen LogP contribution in [0.15, 0.2) is 18.2 Å². The third kappa shape index (κ3) is 11.2. The van der Waals surface area contributed by atoms with E-state index in [1.165, 1.54) is 44.6 Å². The van der Waals surface area contributed by atoms with Gasteiger partial charge in [0.25, 0.3) is 5.91 Å². The van der Waals surface area contributed by atoms with Crippen molar-refractivity contribution in [2.24, 2.45) is 5.92 Å². The zero-order valence-electron chi connectivity index (χ0n) is 19.2. The molecule has 170 valence electrons. The lowest BCUT2D eigenvalue weighted by Gasteiger charge is -2.16. The van der Waals surface area contributed by atoms with Crippen molar-refractivity contribution in [1.29, 1.82) is 0 Å². The number of aryl methyl sites for hydroxylation is 1. The lowest BCUT2D eigenvalue weighted by molar-refractivity contribution is -0.152. The number of hydrogen-bond donors (Lipinski definition) is 2. The van der Waals surface area contributed by atoms with Gasteiger partial charge in [0.2, 0.25) is 0 Å². The number of rotatable bonds is 16. The number of unbranched alkanes of at least 4 members (excludes halogenated alkanes) is 8. The van der Waals surface area contributed by atoms with Crippen LogP contribution in [0, 0.1) is 12.8 Å². The van der Waals surface area contributed by atoms with Crippen LogP contribution in [-0.2, 0) is 14.3 Å². The van der Waals surface area contributed by atoms with Crippen LogP contribution in [0.4, 0.5) is 5.69 Å². The Hall–Kier alpha value is -2.04. The number of amides is 1. The minimum atomic E-state index is -0.437. The summed E-state index contributed by atoms with van der Waals surface area (Å²) < 4.78 is 5.33. The third-order valence-corrected chi connectivity index (χ3v) is 5.42. The van der Waals surface area contributed by atoms with E-state index < -0.39 is 5.91 Å². The number of phenolic OH excluding ortho intramolecular Hbond substituents is 1. The van der Waals surface area contributed by atoms with Gasteiger partial charge in [0.1, 0.15) is 5.75 Å². The summed E-state index contributed by atoms with van der Waals surface area (Å²) in [6, 6.07) is 4.98. The molecule has 0 saturated carbocycles. The summed E-state index contributed by atoms with van der Waals surface area (Å²) in [6.45, 7) is 5.93. The Balaban J connectivity index is 2.47. The van der Waals surface area contributed by atoms with Crippen molar-refractivity contribution in [3.8, 4) is 5.75 Å². The molecule has 1 aromatic carbocycles. The van der Waals surface area contributed by atoms with Crippen molar-refractivity contribution >= 4 is 17.6 Å². The third-order valence-electron chi connectivity index (χ3n) is 5.42. The highest BCUT2D eigenvalue weighted by Crippen LogP contribution is 2.24. The number of anilines is 1. The highest BCUT2D eigenvalue weighted by molar-refractivity contribution is 5.94. The van der Waals surface area contributed by atoms with Crippen molar-refractivity contribution in [2.75, 3.05) is 11.9 Å². The van der Waals surface area contributed by atoms with Gasteiger partial charge in [-0.25, -0.2) is 0 Å². The first-order chi connectivity index (χ1) is 14.5. The Kier molecular flexibility index (Phi) is 13.7. The number of esters is 1. The first-order valence-corrected chi connectivity index (χ1v) is 11.7. The van der Waals surface area contributed by atoms with Crippen molar-refractivity contribution in [2.45, 2.75) is 97.8 Å². The van der Waals surface area contributed by atoms with Gasteiger partial charge in [0.05, 0.1) is 11.6 Å². The summed E-state index contributed by atoms with van der Waals surface area (Å²) in [6.07, 6.45) is 13.3. The first kappa shape index (κ1) is 26.0. The van der Waals surface area contributed by atoms with Gasteiger partial charge in [0.15, 0.2) is 6.61 Å². The molecule has 1 unspecified atom stereocenters. The summed E-state index contributed by atoms with van der Waals surface area (Å²) in [4.78, 5) is 24.8. The van der Waals surface area contributed by atoms with Crippen LogP contribution in [0.1, 0.15) is 96.5 Å². The van der Waals surface area contributed by atoms with Crippen molar-refractivity contribution in [3.63, 3.8) is 0 Å². The van der Waals surface area contributed by atoms with Gasteiger partial charge in [-0.3, -0.25) is 9.59 Å². The van der Waals surface area contributed by atoms with E-state index in [0.717, 1.165) is 44.1 Å². The second-order valence-corrected chi connectivity index (χ2v) is 8.28. The number of benzene rings is 1. The van der Waals surface area contributed by atoms with Gasteiger partial charge in [-0.05, 0) is 37.5 Å². The molecule has 0 radical (unpaired) electrons. The highest BCUT2D eigenvalue weighted by Gasteiger charge is 2.20. The minimum absolute atomic E-state index is 0.00264. The maximum absolute atomic E-state index is 12.6. The van der Waals surface area contributed by atoms with Crippen LogP contribution in [0.3, 0.4) is 0 Å². The fourth-order valence-electron chi connectivity index (χ4n) is 3.56. The predicted molar refractivity (Wildman–Crippen MR) is 123 cm³/mol. The monoisotopic (exact) mass is 419 g/mol. The Morgan fingerprint density at radius 3 is 2.13 bits per heavy atom. The molecule has 0 spiro atoms. The van der Waals surface area contributed by atoms with Gasteiger partial charge in [0, 0.05) is 0 Å². The molecule has 30 heavy (non-hydrogen) atoms. The molecule has 0 aliphatic rings. The summed E-state index contributed by atoms with van der Waals surface area (Å²) in [7, 11) is 0. The molecule has 0 aliphatic heterocycles. The van der Waals surface area contributed by atoms with Crippen molar-refractivity contribution < 1.29 is 19.4 Å². The highest BCUT2D eigenvalue weighted by atomic mass is 16.5. The molecule has 2 N–H and O–H groups in total. The van der Waals surface area contributed by atoms with E-state index in [-0.39, 0.29) is 24.2 Å². The van der Waals surface area contributed by atoms with Crippen LogP contribution in [0.5, 0.6) is 5.75 Å². The fraction of sp³-hybridized carbons (Fsp3) is 0.680. The molecule has 0 saturated heterocycles. The molecule has 0 aliphatic carbocycles. The van der Waals surface area contributed by atoms with E-state index >= 15 is 0 Å². The van der Waals surface area contributed by atoms with Crippen LogP contribution in [0.25, 0.3) is 0 Å². The molecule has 1 aromatic rings. The summed E-state index contributed by atoms with van der Waals surface area (Å²) in [5, 5.41) is 12.5. The quantitative estimate of drug-likeness (QED) is 0.182. The van der Waals surface area contributed by atoms with Crippen LogP contribution in [0.2, 0.25) is 0 Å². The van der Waals surface area contributed by atoms with Gasteiger partial charge in [-0.2, -0.15) is 0 Å². The second kappa shape index (κ2) is 15.8. The predicted octanol–water partition coefficient (Wildman–Crippen LogP) is 6.52. The Bertz CT molecular complexity index is 630. The maximum atomic E-state index is 12.6. The number of hydrogen-bond acceptors (Lipinski definition) is 4. The molecule has 1 rings (SSSR count). The lowest BCUT2D eigenvalue weighted by atomic mass is 9.94. The number of phenols is 1. The molecule has 0 fully saturated rings. The van der Waals surface area contributed by atoms with Crippen LogP contribution >= 0.6 is 0 Å². The zero-order chi connectivity index (χ0) is 22.2. The number of nitrogens with one attached hydrogen (secondary N) is 1. The molecule has 5 nitrogen and oxygen atoms in total. The lowest BCUT2D eigenvalue weighted by Crippen LogP contribution is -2.25. The number of aromatic hydroxyl groups is 1. The van der Waals surface area contributed by atoms with E-state index in [1.807, 2.05) is 6.92 Å². The SMILES string of the molecule is CCCCCCCCC(CCCCCC)C(=O)OCC(=O)Nc1cc(C)ccc1O. The molecule has 1 atom stereocenters. The van der Waals surface area contributed by atoms with Gasteiger partial charge < -0.3 is 15.2 Å². The molecule has 1 amide bonds. The Labute approximate surface area is 182 Å². The average molecular weight is 420 g/mol. The normalized spacial score (nSPS) is 11.8. The number of ether oxygens (including phenoxy) is 1. The van der Waals surface area contributed by atoms with E-state index in [9.17, 15) is 14.7 Å². The summed E-state index contributed by atoms with van der Waals surface area (Å²) in [5.41, 5.74) is 1.26. The molecule has 0 heterocycles. The molecular formula is C25H41NO4. The summed E-state index contributed by atoms with van der Waals surface area (Å²) >= 11 is 0. The van der Waals surface area contributed by atoms with Crippen LogP contribution in [-0.4, -0.2) is 23.6 Å². The Morgan fingerprint density at radius 1 is 0.933 bits per heavy atom. The smallest absolute Gasteiger partial charge is 0.309 e. The van der Waals surface area contributed by atoms with E-state index in [1.54, 1.807) is 12.1 Å². The Morgan fingerprint density at radius 2 is 1.50 bits per heavy atom. The number of carbonyl (C=O) groups is 2. The van der Waals surface area contributed by atoms with E-state index in [0.29, 0.717) is 5.69 Å². The van der Waals surface area contributed by atoms with Crippen molar-refractivity contribution in [1.82, 2.24) is 0 Å². The average Bonchev–Trinajstić information content (AvgIpc) is 2.73. The molecule has 5 heteroatoms.